The number of para-hydroxylation sites is 3. The number of rotatable bonds is 11. The van der Waals surface area contributed by atoms with Gasteiger partial charge in [0.1, 0.15) is 17.3 Å². The Morgan fingerprint density at radius 2 is 1.17 bits per heavy atom. The van der Waals surface area contributed by atoms with Gasteiger partial charge in [-0.25, -0.2) is 4.98 Å². The summed E-state index contributed by atoms with van der Waals surface area (Å²) in [5.74, 6) is 3.43. The van der Waals surface area contributed by atoms with Gasteiger partial charge in [-0.3, -0.25) is 0 Å². The van der Waals surface area contributed by atoms with Crippen LogP contribution in [0.15, 0.2) is 230 Å². The Morgan fingerprint density at radius 1 is 0.571 bits per heavy atom. The molecule has 0 bridgehead atoms. The molecule has 0 N–H and O–H groups in total. The largest absolute Gasteiger partial charge is 0.509 e. The number of fused-ring (bicyclic) bond motifs is 4. The van der Waals surface area contributed by atoms with Gasteiger partial charge in [0.15, 0.2) is 0 Å². The van der Waals surface area contributed by atoms with Crippen LogP contribution in [0.4, 0.5) is 22.7 Å². The normalized spacial score (nSPS) is 15.5. The second-order valence-corrected chi connectivity index (χ2v) is 22.6. The molecule has 2 aliphatic carbocycles. The molecule has 0 amide bonds. The van der Waals surface area contributed by atoms with Crippen LogP contribution in [-0.2, 0) is 39.3 Å². The zero-order valence-electron chi connectivity index (χ0n) is 56.5. The maximum Gasteiger partial charge on any atom is 0.143 e. The van der Waals surface area contributed by atoms with Crippen LogP contribution in [0.25, 0.3) is 72.1 Å². The topological polar surface area (TPSA) is 42.8 Å². The van der Waals surface area contributed by atoms with Crippen LogP contribution in [0.3, 0.4) is 0 Å². The van der Waals surface area contributed by atoms with Gasteiger partial charge >= 0.3 is 0 Å². The predicted octanol–water partition coefficient (Wildman–Crippen LogP) is 20.5. The van der Waals surface area contributed by atoms with Crippen LogP contribution < -0.4 is 19.3 Å². The molecule has 6 nitrogen and oxygen atoms in total. The second-order valence-electron chi connectivity index (χ2n) is 22.6. The first-order chi connectivity index (χ1) is 44.9. The van der Waals surface area contributed by atoms with Crippen molar-refractivity contribution in [2.45, 2.75) is 70.6 Å². The van der Waals surface area contributed by atoms with Crippen molar-refractivity contribution in [3.8, 4) is 73.3 Å². The molecular formula is C77H61N4O2Pt-3. The van der Waals surface area contributed by atoms with E-state index in [0.29, 0.717) is 51.6 Å². The fourth-order valence-electron chi connectivity index (χ4n) is 12.9. The Labute approximate surface area is 520 Å². The molecule has 0 saturated carbocycles. The van der Waals surface area contributed by atoms with E-state index in [9.17, 15) is 5.48 Å². The van der Waals surface area contributed by atoms with Crippen molar-refractivity contribution < 1.29 is 44.2 Å². The van der Waals surface area contributed by atoms with E-state index in [2.05, 4.69) is 89.5 Å². The maximum absolute atomic E-state index is 9.33. The molecule has 3 heterocycles. The molecule has 2 aromatic heterocycles. The average Bonchev–Trinajstić information content (AvgIpc) is 1.39. The van der Waals surface area contributed by atoms with Gasteiger partial charge in [0.2, 0.25) is 0 Å². The molecular weight excluding hydrogens is 1210 g/mol. The van der Waals surface area contributed by atoms with Gasteiger partial charge in [0, 0.05) is 89.7 Å². The van der Waals surface area contributed by atoms with Crippen LogP contribution in [0, 0.1) is 18.8 Å². The molecule has 1 aliphatic heterocycles. The van der Waals surface area contributed by atoms with E-state index in [-0.39, 0.29) is 49.0 Å². The van der Waals surface area contributed by atoms with Gasteiger partial charge in [0.25, 0.3) is 0 Å². The molecule has 3 aliphatic rings. The van der Waals surface area contributed by atoms with E-state index in [1.165, 1.54) is 29.5 Å². The van der Waals surface area contributed by atoms with Crippen molar-refractivity contribution in [3.63, 3.8) is 0 Å². The molecule has 0 saturated heterocycles. The van der Waals surface area contributed by atoms with Crippen molar-refractivity contribution in [2.24, 2.45) is 0 Å². The van der Waals surface area contributed by atoms with Crippen molar-refractivity contribution in [2.75, 3.05) is 9.80 Å². The summed E-state index contributed by atoms with van der Waals surface area (Å²) in [6.45, 7) is 7.63. The molecule has 0 radical (unpaired) electrons. The summed E-state index contributed by atoms with van der Waals surface area (Å²) in [5.41, 5.74) is 12.7. The summed E-state index contributed by atoms with van der Waals surface area (Å²) in [4.78, 5) is 8.70. The summed E-state index contributed by atoms with van der Waals surface area (Å²) in [6, 6.07) is 56.0. The van der Waals surface area contributed by atoms with Crippen molar-refractivity contribution in [1.82, 2.24) is 9.55 Å². The van der Waals surface area contributed by atoms with E-state index in [1.54, 1.807) is 36.0 Å². The first-order valence-corrected chi connectivity index (χ1v) is 28.4. The number of hydrogen-bond acceptors (Lipinski definition) is 5. The molecule has 414 valence electrons. The number of hydrogen-bond donors (Lipinski definition) is 0. The first-order valence-electron chi connectivity index (χ1n) is 33.4. The van der Waals surface area contributed by atoms with E-state index in [1.807, 2.05) is 98.5 Å². The Hall–Kier alpha value is -8.96. The summed E-state index contributed by atoms with van der Waals surface area (Å²) in [5, 5.41) is 1.94. The number of benzene rings is 10. The summed E-state index contributed by atoms with van der Waals surface area (Å²) < 4.78 is 106. The second kappa shape index (κ2) is 22.0. The van der Waals surface area contributed by atoms with Crippen molar-refractivity contribution in [1.29, 1.82) is 0 Å². The molecule has 15 rings (SSSR count). The standard InChI is InChI=1S/C77H61N4O2.Pt/c1-77(2,3)56-45-65(51-23-8-4-9-24-51)75(66(46-56)52-25-10-5-11-26-52)80-50-79(68-39-18-19-40-69(68)80)57-33-22-34-58(47-57)82-59-41-42-62-61-35-16-17-38-67(61)81(70(62)48-59)71-49-60(43-44-78-71)83-76-73(54-27-12-6-13-28-54)63-36-20-31-53-32-21-37-64(72(53)63)74(76)55-29-14-7-15-30-55;/h4-19,22-30,33-35,38-46,49-50,53H,20-21,31-32,36-37H2,1-3H3;/q-3;/i4D,5D,8D,9D,10D,11D,23D,24D,25D,26D;. The Bertz CT molecular complexity index is 4830. The third-order valence-electron chi connectivity index (χ3n) is 16.5. The van der Waals surface area contributed by atoms with Crippen LogP contribution in [0.1, 0.15) is 88.3 Å². The van der Waals surface area contributed by atoms with Gasteiger partial charge in [-0.1, -0.05) is 178 Å². The Kier molecular flexibility index (Phi) is 11.2. The maximum atomic E-state index is 9.33. The third-order valence-corrected chi connectivity index (χ3v) is 16.5. The molecule has 0 unspecified atom stereocenters. The minimum absolute atomic E-state index is 0. The van der Waals surface area contributed by atoms with Gasteiger partial charge in [0.05, 0.1) is 13.7 Å². The average molecular weight is 1280 g/mol. The van der Waals surface area contributed by atoms with Crippen molar-refractivity contribution in [3.05, 3.63) is 271 Å². The molecule has 10 aromatic carbocycles. The molecule has 0 fully saturated rings. The van der Waals surface area contributed by atoms with Crippen LogP contribution in [0.2, 0.25) is 0 Å². The molecule has 7 heteroatoms. The monoisotopic (exact) mass is 1280 g/mol. The zero-order chi connectivity index (χ0) is 64.3. The molecule has 0 spiro atoms. The van der Waals surface area contributed by atoms with E-state index >= 15 is 0 Å². The number of pyridine rings is 1. The van der Waals surface area contributed by atoms with Gasteiger partial charge in [-0.15, -0.1) is 48.1 Å². The summed E-state index contributed by atoms with van der Waals surface area (Å²) in [6.07, 6.45) is 8.47. The van der Waals surface area contributed by atoms with Crippen LogP contribution in [-0.4, -0.2) is 9.55 Å². The van der Waals surface area contributed by atoms with E-state index in [4.69, 9.17) is 22.7 Å². The molecule has 0 atom stereocenters. The summed E-state index contributed by atoms with van der Waals surface area (Å²) >= 11 is 0. The molecule has 84 heavy (non-hydrogen) atoms. The van der Waals surface area contributed by atoms with E-state index < -0.39 is 65.8 Å². The summed E-state index contributed by atoms with van der Waals surface area (Å²) in [7, 11) is 0. The number of aromatic nitrogens is 2. The van der Waals surface area contributed by atoms with Gasteiger partial charge in [-0.05, 0) is 136 Å². The van der Waals surface area contributed by atoms with Crippen LogP contribution in [0.5, 0.6) is 23.0 Å². The quantitative estimate of drug-likeness (QED) is 0.121. The fourth-order valence-corrected chi connectivity index (χ4v) is 12.9. The number of ether oxygens (including phenoxy) is 2. The third kappa shape index (κ3) is 9.47. The first kappa shape index (κ1) is 42.8. The minimum atomic E-state index is -0.643. The number of anilines is 4. The molecule has 12 aromatic rings. The Morgan fingerprint density at radius 3 is 1.81 bits per heavy atom. The van der Waals surface area contributed by atoms with E-state index in [0.717, 1.165) is 75.5 Å². The predicted molar refractivity (Wildman–Crippen MR) is 340 cm³/mol. The zero-order valence-corrected chi connectivity index (χ0v) is 48.8. The van der Waals surface area contributed by atoms with Crippen molar-refractivity contribution >= 4 is 44.6 Å². The van der Waals surface area contributed by atoms with Crippen LogP contribution >= 0.6 is 0 Å². The van der Waals surface area contributed by atoms with Gasteiger partial charge < -0.3 is 23.8 Å². The van der Waals surface area contributed by atoms with Gasteiger partial charge in [-0.2, -0.15) is 12.1 Å². The SMILES string of the molecule is [2H]c1c([2H])c([2H])c(-c2cc(C(C)(C)C)cc(-c3c([2H])c([2H])c([2H])c([2H])c3[2H])c2N2[CH-]N(c3[c-]c(Oc4[c-]c5c(cc4)c4ccccc4n5-c4cc(Oc5c(-c6ccccc6)c6c7c(c5-c5ccccc5)CCCC7CCC6)ccn4)ccc3)c3ccccc32)c([2H])c1[2H].[Pt]. The Balaban J connectivity index is 0.00000763. The number of nitrogens with zero attached hydrogens (tertiary/aromatic N) is 4. The smallest absolute Gasteiger partial charge is 0.143 e. The minimum Gasteiger partial charge on any atom is -0.509 e. The fraction of sp³-hybridized carbons (Fsp3) is 0.143.